The zero-order valence-electron chi connectivity index (χ0n) is 11.8. The van der Waals surface area contributed by atoms with Crippen LogP contribution in [0.2, 0.25) is 5.02 Å². The molecule has 0 aliphatic rings. The number of hydrogen-bond donors (Lipinski definition) is 2. The Labute approximate surface area is 122 Å². The number of halogens is 1. The highest BCUT2D eigenvalue weighted by molar-refractivity contribution is 6.30. The molecule has 0 unspecified atom stereocenters. The number of carbonyl (C=O) groups excluding carboxylic acids is 1. The first-order chi connectivity index (χ1) is 9.38. The highest BCUT2D eigenvalue weighted by atomic mass is 35.5. The first-order valence-electron chi connectivity index (χ1n) is 6.48. The molecule has 2 N–H and O–H groups in total. The van der Waals surface area contributed by atoms with E-state index in [9.17, 15) is 9.90 Å². The zero-order chi connectivity index (χ0) is 14.9. The molecule has 2 rings (SSSR count). The van der Waals surface area contributed by atoms with E-state index in [0.717, 1.165) is 0 Å². The van der Waals surface area contributed by atoms with Crippen molar-refractivity contribution in [2.45, 2.75) is 32.7 Å². The molecule has 0 aliphatic carbocycles. The Balaban J connectivity index is 2.49. The summed E-state index contributed by atoms with van der Waals surface area (Å²) < 4.78 is 1.72. The van der Waals surface area contributed by atoms with Gasteiger partial charge >= 0.3 is 0 Å². The maximum Gasteiger partial charge on any atom is 0.270 e. The van der Waals surface area contributed by atoms with Crippen LogP contribution in [0.4, 0.5) is 0 Å². The molecule has 2 heterocycles. The van der Waals surface area contributed by atoms with Crippen molar-refractivity contribution in [1.29, 1.82) is 0 Å². The van der Waals surface area contributed by atoms with Gasteiger partial charge in [-0.2, -0.15) is 0 Å². The van der Waals surface area contributed by atoms with E-state index in [1.165, 1.54) is 0 Å². The third-order valence-electron chi connectivity index (χ3n) is 3.06. The van der Waals surface area contributed by atoms with Crippen LogP contribution < -0.4 is 5.32 Å². The fourth-order valence-electron chi connectivity index (χ4n) is 1.96. The van der Waals surface area contributed by atoms with Crippen LogP contribution in [0.5, 0.6) is 0 Å². The first kappa shape index (κ1) is 14.8. The molecule has 0 saturated carbocycles. The van der Waals surface area contributed by atoms with Gasteiger partial charge in [0.1, 0.15) is 11.3 Å². The molecule has 0 atom stereocenters. The lowest BCUT2D eigenvalue weighted by molar-refractivity contribution is 0.0862. The molecule has 20 heavy (non-hydrogen) atoms. The SMILES string of the molecule is CCc1nc2cc(Cl)ccn2c1C(=O)NC(C)(C)CO. The molecule has 6 heteroatoms. The van der Waals surface area contributed by atoms with Gasteiger partial charge < -0.3 is 10.4 Å². The Bertz CT molecular complexity index is 649. The van der Waals surface area contributed by atoms with Crippen molar-refractivity contribution in [3.8, 4) is 0 Å². The van der Waals surface area contributed by atoms with E-state index in [4.69, 9.17) is 11.6 Å². The second-order valence-electron chi connectivity index (χ2n) is 5.33. The van der Waals surface area contributed by atoms with E-state index in [-0.39, 0.29) is 12.5 Å². The Morgan fingerprint density at radius 3 is 2.85 bits per heavy atom. The number of rotatable bonds is 4. The molecule has 108 valence electrons. The van der Waals surface area contributed by atoms with Crippen molar-refractivity contribution in [1.82, 2.24) is 14.7 Å². The second-order valence-corrected chi connectivity index (χ2v) is 5.77. The number of imidazole rings is 1. The smallest absolute Gasteiger partial charge is 0.270 e. The quantitative estimate of drug-likeness (QED) is 0.907. The first-order valence-corrected chi connectivity index (χ1v) is 6.85. The van der Waals surface area contributed by atoms with Crippen molar-refractivity contribution >= 4 is 23.2 Å². The van der Waals surface area contributed by atoms with E-state index >= 15 is 0 Å². The molecule has 0 bridgehead atoms. The number of hydrogen-bond acceptors (Lipinski definition) is 3. The molecule has 1 amide bonds. The molecule has 0 fully saturated rings. The minimum absolute atomic E-state index is 0.136. The maximum absolute atomic E-state index is 12.4. The van der Waals surface area contributed by atoms with Crippen LogP contribution in [-0.2, 0) is 6.42 Å². The lowest BCUT2D eigenvalue weighted by atomic mass is 10.1. The van der Waals surface area contributed by atoms with Gasteiger partial charge in [-0.05, 0) is 26.3 Å². The summed E-state index contributed by atoms with van der Waals surface area (Å²) in [6, 6.07) is 3.43. The Kier molecular flexibility index (Phi) is 4.01. The van der Waals surface area contributed by atoms with Crippen LogP contribution in [0.1, 0.15) is 37.0 Å². The molecule has 2 aromatic rings. The van der Waals surface area contributed by atoms with E-state index in [2.05, 4.69) is 10.3 Å². The van der Waals surface area contributed by atoms with E-state index in [1.54, 1.807) is 36.6 Å². The van der Waals surface area contributed by atoms with Crippen molar-refractivity contribution in [2.24, 2.45) is 0 Å². The van der Waals surface area contributed by atoms with Gasteiger partial charge in [0.25, 0.3) is 5.91 Å². The van der Waals surface area contributed by atoms with Crippen LogP contribution >= 0.6 is 11.6 Å². The third kappa shape index (κ3) is 2.78. The van der Waals surface area contributed by atoms with E-state index in [1.807, 2.05) is 6.92 Å². The van der Waals surface area contributed by atoms with Crippen molar-refractivity contribution in [3.05, 3.63) is 34.7 Å². The molecule has 0 aliphatic heterocycles. The summed E-state index contributed by atoms with van der Waals surface area (Å²) in [5.74, 6) is -0.254. The summed E-state index contributed by atoms with van der Waals surface area (Å²) in [5.41, 5.74) is 1.15. The minimum atomic E-state index is -0.682. The Morgan fingerprint density at radius 1 is 1.55 bits per heavy atom. The molecule has 0 spiro atoms. The number of fused-ring (bicyclic) bond motifs is 1. The van der Waals surface area contributed by atoms with Crippen LogP contribution in [-0.4, -0.2) is 32.5 Å². The third-order valence-corrected chi connectivity index (χ3v) is 3.29. The van der Waals surface area contributed by atoms with E-state index < -0.39 is 5.54 Å². The number of aliphatic hydroxyl groups is 1. The molecule has 0 aromatic carbocycles. The summed E-state index contributed by atoms with van der Waals surface area (Å²) in [5, 5.41) is 12.6. The highest BCUT2D eigenvalue weighted by Crippen LogP contribution is 2.18. The van der Waals surface area contributed by atoms with Crippen molar-refractivity contribution in [2.75, 3.05) is 6.61 Å². The van der Waals surface area contributed by atoms with E-state index in [0.29, 0.717) is 28.5 Å². The average molecular weight is 296 g/mol. The largest absolute Gasteiger partial charge is 0.394 e. The van der Waals surface area contributed by atoms with Crippen LogP contribution in [0, 0.1) is 0 Å². The number of aromatic nitrogens is 2. The van der Waals surface area contributed by atoms with Crippen LogP contribution in [0.3, 0.4) is 0 Å². The van der Waals surface area contributed by atoms with Gasteiger partial charge in [-0.3, -0.25) is 9.20 Å². The molecule has 0 saturated heterocycles. The number of amides is 1. The minimum Gasteiger partial charge on any atom is -0.394 e. The summed E-state index contributed by atoms with van der Waals surface area (Å²) in [6.07, 6.45) is 2.37. The molecular formula is C14H18ClN3O2. The summed E-state index contributed by atoms with van der Waals surface area (Å²) in [7, 11) is 0. The number of nitrogens with one attached hydrogen (secondary N) is 1. The fourth-order valence-corrected chi connectivity index (χ4v) is 2.12. The topological polar surface area (TPSA) is 66.6 Å². The lowest BCUT2D eigenvalue weighted by Gasteiger charge is -2.23. The van der Waals surface area contributed by atoms with Gasteiger partial charge in [0, 0.05) is 17.3 Å². The monoisotopic (exact) mass is 295 g/mol. The zero-order valence-corrected chi connectivity index (χ0v) is 12.5. The number of carbonyl (C=O) groups is 1. The normalized spacial score (nSPS) is 11.8. The Morgan fingerprint density at radius 2 is 2.25 bits per heavy atom. The number of nitrogens with zero attached hydrogens (tertiary/aromatic N) is 2. The molecule has 0 radical (unpaired) electrons. The molecule has 2 aromatic heterocycles. The molecule has 5 nitrogen and oxygen atoms in total. The summed E-state index contributed by atoms with van der Waals surface area (Å²) in [6.45, 7) is 5.33. The summed E-state index contributed by atoms with van der Waals surface area (Å²) in [4.78, 5) is 16.9. The van der Waals surface area contributed by atoms with Gasteiger partial charge in [0.15, 0.2) is 0 Å². The van der Waals surface area contributed by atoms with Crippen molar-refractivity contribution < 1.29 is 9.90 Å². The van der Waals surface area contributed by atoms with Crippen molar-refractivity contribution in [3.63, 3.8) is 0 Å². The van der Waals surface area contributed by atoms with Gasteiger partial charge in [-0.1, -0.05) is 18.5 Å². The standard InChI is InChI=1S/C14H18ClN3O2/c1-4-10-12(13(20)17-14(2,3)8-19)18-6-5-9(15)7-11(18)16-10/h5-7,19H,4,8H2,1-3H3,(H,17,20). The maximum atomic E-state index is 12.4. The number of pyridine rings is 1. The lowest BCUT2D eigenvalue weighted by Crippen LogP contribution is -2.46. The van der Waals surface area contributed by atoms with Gasteiger partial charge in [0.05, 0.1) is 17.8 Å². The molecular weight excluding hydrogens is 278 g/mol. The number of aliphatic hydroxyl groups excluding tert-OH is 1. The fraction of sp³-hybridized carbons (Fsp3) is 0.429. The predicted molar refractivity (Wildman–Crippen MR) is 78.2 cm³/mol. The van der Waals surface area contributed by atoms with Crippen LogP contribution in [0.15, 0.2) is 18.3 Å². The van der Waals surface area contributed by atoms with Crippen LogP contribution in [0.25, 0.3) is 5.65 Å². The highest BCUT2D eigenvalue weighted by Gasteiger charge is 2.24. The Hall–Kier alpha value is -1.59. The van der Waals surface area contributed by atoms with Gasteiger partial charge in [0.2, 0.25) is 0 Å². The predicted octanol–water partition coefficient (Wildman–Crippen LogP) is 2.05. The summed E-state index contributed by atoms with van der Waals surface area (Å²) >= 11 is 5.95. The number of aryl methyl sites for hydroxylation is 1. The van der Waals surface area contributed by atoms with Gasteiger partial charge in [-0.25, -0.2) is 4.98 Å². The second kappa shape index (κ2) is 5.42. The van der Waals surface area contributed by atoms with Gasteiger partial charge in [-0.15, -0.1) is 0 Å². The average Bonchev–Trinajstić information content (AvgIpc) is 2.75.